The molecule has 0 aromatic carbocycles. The van der Waals surface area contributed by atoms with Gasteiger partial charge < -0.3 is 0 Å². The van der Waals surface area contributed by atoms with Crippen molar-refractivity contribution in [2.75, 3.05) is 0 Å². The normalized spacial score (nSPS) is 12.1. The van der Waals surface area contributed by atoms with Crippen LogP contribution in [0.4, 0.5) is 0 Å². The van der Waals surface area contributed by atoms with E-state index in [1.807, 2.05) is 18.2 Å². The first-order valence-electron chi connectivity index (χ1n) is 9.96. The maximum Gasteiger partial charge on any atom is 0.245 e. The third-order valence-electron chi connectivity index (χ3n) is 4.17. The lowest BCUT2D eigenvalue weighted by molar-refractivity contribution is -0.107. The van der Waals surface area contributed by atoms with E-state index in [1.165, 1.54) is 89.5 Å². The van der Waals surface area contributed by atoms with Gasteiger partial charge in [0.1, 0.15) is 0 Å². The predicted molar refractivity (Wildman–Crippen MR) is 109 cm³/mol. The van der Waals surface area contributed by atoms with Crippen molar-refractivity contribution in [3.8, 4) is 0 Å². The highest BCUT2D eigenvalue weighted by Gasteiger charge is 1.93. The van der Waals surface area contributed by atoms with Crippen LogP contribution in [0.2, 0.25) is 0 Å². The van der Waals surface area contributed by atoms with Gasteiger partial charge in [-0.15, -0.1) is 0 Å². The Morgan fingerprint density at radius 2 is 1.12 bits per heavy atom. The van der Waals surface area contributed by atoms with E-state index >= 15 is 0 Å². The molecule has 0 fully saturated rings. The molecule has 0 bridgehead atoms. The van der Waals surface area contributed by atoms with Gasteiger partial charge in [-0.3, -0.25) is 4.79 Å². The quantitative estimate of drug-likeness (QED) is 0.112. The van der Waals surface area contributed by atoms with Crippen molar-refractivity contribution < 1.29 is 4.79 Å². The summed E-state index contributed by atoms with van der Waals surface area (Å²) in [6.45, 7) is 2.28. The summed E-state index contributed by atoms with van der Waals surface area (Å²) in [5.74, 6) is 0. The van der Waals surface area contributed by atoms with E-state index in [0.29, 0.717) is 0 Å². The molecule has 0 radical (unpaired) electrons. The fourth-order valence-corrected chi connectivity index (χ4v) is 2.79. The van der Waals surface area contributed by atoms with Gasteiger partial charge in [-0.25, -0.2) is 0 Å². The number of halogens is 1. The molecule has 0 atom stereocenters. The maximum atomic E-state index is 10.5. The standard InChI is InChI=1S/C22H37ClO/c1-2-3-4-5-6-7-8-9-10-11-12-13-14-15-16-17-18-19-20-21-22(23)24/h16-21H,2-15H2,1H3. The maximum absolute atomic E-state index is 10.5. The second kappa shape index (κ2) is 20.2. The second-order valence-corrected chi connectivity index (χ2v) is 6.88. The van der Waals surface area contributed by atoms with Crippen LogP contribution in [-0.4, -0.2) is 5.24 Å². The Morgan fingerprint density at radius 3 is 1.62 bits per heavy atom. The Kier molecular flexibility index (Phi) is 19.5. The Hall–Kier alpha value is -0.820. The Labute approximate surface area is 155 Å². The Morgan fingerprint density at radius 1 is 0.667 bits per heavy atom. The molecule has 0 aliphatic heterocycles. The summed E-state index contributed by atoms with van der Waals surface area (Å²) in [4.78, 5) is 10.5. The molecule has 0 aliphatic carbocycles. The van der Waals surface area contributed by atoms with Crippen LogP contribution in [0.25, 0.3) is 0 Å². The molecule has 0 aromatic rings. The molecule has 138 valence electrons. The van der Waals surface area contributed by atoms with Gasteiger partial charge >= 0.3 is 0 Å². The molecule has 0 aliphatic rings. The fourth-order valence-electron chi connectivity index (χ4n) is 2.71. The van der Waals surface area contributed by atoms with Crippen LogP contribution < -0.4 is 0 Å². The number of carbonyl (C=O) groups is 1. The molecule has 0 spiro atoms. The van der Waals surface area contributed by atoms with Gasteiger partial charge in [0.25, 0.3) is 0 Å². The van der Waals surface area contributed by atoms with Gasteiger partial charge in [0.2, 0.25) is 5.24 Å². The summed E-state index contributed by atoms with van der Waals surface area (Å²) in [6.07, 6.45) is 30.3. The summed E-state index contributed by atoms with van der Waals surface area (Å²) >= 11 is 5.18. The van der Waals surface area contributed by atoms with E-state index in [4.69, 9.17) is 11.6 Å². The van der Waals surface area contributed by atoms with Crippen LogP contribution >= 0.6 is 11.6 Å². The van der Waals surface area contributed by atoms with Gasteiger partial charge in [-0.2, -0.15) is 0 Å². The minimum atomic E-state index is -0.435. The second-order valence-electron chi connectivity index (χ2n) is 6.51. The van der Waals surface area contributed by atoms with E-state index in [0.717, 1.165) is 6.42 Å². The summed E-state index contributed by atoms with van der Waals surface area (Å²) in [6, 6.07) is 0. The van der Waals surface area contributed by atoms with Crippen molar-refractivity contribution in [2.24, 2.45) is 0 Å². The number of allylic oxidation sites excluding steroid dienone is 6. The number of hydrogen-bond donors (Lipinski definition) is 0. The molecule has 0 aromatic heterocycles. The predicted octanol–water partition coefficient (Wildman–Crippen LogP) is 7.90. The lowest BCUT2D eigenvalue weighted by Crippen LogP contribution is -1.82. The Bertz CT molecular complexity index is 355. The van der Waals surface area contributed by atoms with Crippen molar-refractivity contribution in [1.29, 1.82) is 0 Å². The first-order valence-corrected chi connectivity index (χ1v) is 10.3. The first-order chi connectivity index (χ1) is 11.8. The zero-order chi connectivity index (χ0) is 17.7. The number of unbranched alkanes of at least 4 members (excludes halogenated alkanes) is 13. The number of hydrogen-bond acceptors (Lipinski definition) is 1. The summed E-state index contributed by atoms with van der Waals surface area (Å²) in [7, 11) is 0. The van der Waals surface area contributed by atoms with E-state index < -0.39 is 5.24 Å². The van der Waals surface area contributed by atoms with Crippen LogP contribution in [0.3, 0.4) is 0 Å². The lowest BCUT2D eigenvalue weighted by atomic mass is 10.0. The van der Waals surface area contributed by atoms with Crippen molar-refractivity contribution in [2.45, 2.75) is 96.8 Å². The smallest absolute Gasteiger partial charge is 0.245 e. The zero-order valence-electron chi connectivity index (χ0n) is 15.6. The van der Waals surface area contributed by atoms with E-state index in [9.17, 15) is 4.79 Å². The van der Waals surface area contributed by atoms with Crippen LogP contribution in [0.1, 0.15) is 96.8 Å². The molecular formula is C22H37ClO. The zero-order valence-corrected chi connectivity index (χ0v) is 16.4. The van der Waals surface area contributed by atoms with Crippen molar-refractivity contribution in [1.82, 2.24) is 0 Å². The number of rotatable bonds is 17. The third-order valence-corrected chi connectivity index (χ3v) is 4.30. The molecule has 0 heterocycles. The third kappa shape index (κ3) is 21.2. The highest BCUT2D eigenvalue weighted by molar-refractivity contribution is 6.66. The molecule has 24 heavy (non-hydrogen) atoms. The SMILES string of the molecule is CCCCCCCCCCCCCCCC=CC=CC=CC(=O)Cl. The molecule has 0 saturated heterocycles. The lowest BCUT2D eigenvalue weighted by Gasteiger charge is -2.02. The number of carbonyl (C=O) groups excluding carboxylic acids is 1. The van der Waals surface area contributed by atoms with Crippen molar-refractivity contribution in [3.63, 3.8) is 0 Å². The van der Waals surface area contributed by atoms with Gasteiger partial charge in [0.05, 0.1) is 0 Å². The van der Waals surface area contributed by atoms with Crippen molar-refractivity contribution in [3.05, 3.63) is 36.5 Å². The highest BCUT2D eigenvalue weighted by atomic mass is 35.5. The van der Waals surface area contributed by atoms with E-state index in [2.05, 4.69) is 13.0 Å². The van der Waals surface area contributed by atoms with Crippen molar-refractivity contribution >= 4 is 16.8 Å². The fraction of sp³-hybridized carbons (Fsp3) is 0.682. The minimum Gasteiger partial charge on any atom is -0.276 e. The topological polar surface area (TPSA) is 17.1 Å². The minimum absolute atomic E-state index is 0.435. The van der Waals surface area contributed by atoms with E-state index in [-0.39, 0.29) is 0 Å². The molecule has 0 N–H and O–H groups in total. The summed E-state index contributed by atoms with van der Waals surface area (Å²) < 4.78 is 0. The van der Waals surface area contributed by atoms with Gasteiger partial charge in [-0.1, -0.05) is 114 Å². The monoisotopic (exact) mass is 352 g/mol. The highest BCUT2D eigenvalue weighted by Crippen LogP contribution is 2.12. The molecular weight excluding hydrogens is 316 g/mol. The summed E-state index contributed by atoms with van der Waals surface area (Å²) in [5.41, 5.74) is 0. The van der Waals surface area contributed by atoms with Crippen LogP contribution in [0.5, 0.6) is 0 Å². The van der Waals surface area contributed by atoms with Crippen LogP contribution in [-0.2, 0) is 4.79 Å². The van der Waals surface area contributed by atoms with Gasteiger partial charge in [0.15, 0.2) is 0 Å². The average molecular weight is 353 g/mol. The molecule has 0 saturated carbocycles. The molecule has 0 rings (SSSR count). The average Bonchev–Trinajstić information content (AvgIpc) is 2.56. The molecule has 2 heteroatoms. The molecule has 1 nitrogen and oxygen atoms in total. The Balaban J connectivity index is 3.18. The summed E-state index contributed by atoms with van der Waals surface area (Å²) in [5, 5.41) is -0.435. The van der Waals surface area contributed by atoms with Gasteiger partial charge in [-0.05, 0) is 30.5 Å². The molecule has 0 unspecified atom stereocenters. The van der Waals surface area contributed by atoms with E-state index in [1.54, 1.807) is 6.08 Å². The van der Waals surface area contributed by atoms with Crippen LogP contribution in [0, 0.1) is 0 Å². The molecule has 0 amide bonds. The first kappa shape index (κ1) is 23.2. The van der Waals surface area contributed by atoms with Crippen LogP contribution in [0.15, 0.2) is 36.5 Å². The largest absolute Gasteiger partial charge is 0.276 e. The van der Waals surface area contributed by atoms with Gasteiger partial charge in [0, 0.05) is 0 Å².